The number of ether oxygens (including phenoxy) is 3. The molecule has 1 saturated heterocycles. The first kappa shape index (κ1) is 25.0. The number of sulfonamides is 1. The Morgan fingerprint density at radius 3 is 2.48 bits per heavy atom. The SMILES string of the molecule is COc1ccc(CNC(=O)C[C@@H]2CC[C@@H](NS(=O)(=O)c3cccc(OC)c3)[C@@H](CO)O2)cc1. The molecule has 3 N–H and O–H groups in total. The third-order valence-electron chi connectivity index (χ3n) is 5.52. The Morgan fingerprint density at radius 1 is 1.09 bits per heavy atom. The van der Waals surface area contributed by atoms with E-state index in [4.69, 9.17) is 14.2 Å². The lowest BCUT2D eigenvalue weighted by Crippen LogP contribution is -2.51. The zero-order valence-corrected chi connectivity index (χ0v) is 19.5. The summed E-state index contributed by atoms with van der Waals surface area (Å²) in [7, 11) is -0.776. The van der Waals surface area contributed by atoms with Gasteiger partial charge in [0.15, 0.2) is 0 Å². The summed E-state index contributed by atoms with van der Waals surface area (Å²) in [6.07, 6.45) is -0.112. The van der Waals surface area contributed by atoms with Crippen LogP contribution in [0.4, 0.5) is 0 Å². The van der Waals surface area contributed by atoms with Crippen molar-refractivity contribution in [2.75, 3.05) is 20.8 Å². The van der Waals surface area contributed by atoms with Crippen LogP contribution in [-0.4, -0.2) is 58.5 Å². The van der Waals surface area contributed by atoms with Crippen molar-refractivity contribution in [2.45, 2.75) is 49.0 Å². The molecular formula is C23H30N2O7S. The fraction of sp³-hybridized carbons (Fsp3) is 0.435. The maximum atomic E-state index is 12.8. The molecule has 10 heteroatoms. The summed E-state index contributed by atoms with van der Waals surface area (Å²) in [5.74, 6) is 0.993. The van der Waals surface area contributed by atoms with Crippen LogP contribution in [0.5, 0.6) is 11.5 Å². The largest absolute Gasteiger partial charge is 0.497 e. The molecule has 2 aromatic carbocycles. The molecule has 3 rings (SSSR count). The lowest BCUT2D eigenvalue weighted by molar-refractivity contribution is -0.130. The van der Waals surface area contributed by atoms with Gasteiger partial charge in [0.05, 0.1) is 50.4 Å². The Bertz CT molecular complexity index is 1030. The van der Waals surface area contributed by atoms with Gasteiger partial charge in [0, 0.05) is 12.6 Å². The molecule has 0 saturated carbocycles. The molecule has 180 valence electrons. The first-order chi connectivity index (χ1) is 15.8. The Labute approximate surface area is 194 Å². The standard InChI is InChI=1S/C23H30N2O7S/c1-30-17-8-6-16(7-9-17)14-24-23(27)13-19-10-11-21(22(15-26)32-19)25-33(28,29)20-5-3-4-18(12-20)31-2/h3-9,12,19,21-22,25-26H,10-11,13-15H2,1-2H3,(H,24,27)/t19-,21+,22+/m0/s1. The van der Waals surface area contributed by atoms with Gasteiger partial charge in [-0.3, -0.25) is 4.79 Å². The van der Waals surface area contributed by atoms with Gasteiger partial charge in [-0.2, -0.15) is 0 Å². The second kappa shape index (κ2) is 11.5. The van der Waals surface area contributed by atoms with E-state index >= 15 is 0 Å². The molecule has 0 unspecified atom stereocenters. The number of amides is 1. The number of rotatable bonds is 10. The van der Waals surface area contributed by atoms with E-state index in [1.807, 2.05) is 24.3 Å². The lowest BCUT2D eigenvalue weighted by atomic mass is 9.98. The van der Waals surface area contributed by atoms with E-state index in [1.54, 1.807) is 19.2 Å². The third-order valence-corrected chi connectivity index (χ3v) is 7.00. The number of nitrogens with one attached hydrogen (secondary N) is 2. The Kier molecular flexibility index (Phi) is 8.67. The average molecular weight is 479 g/mol. The highest BCUT2D eigenvalue weighted by molar-refractivity contribution is 7.89. The molecule has 33 heavy (non-hydrogen) atoms. The van der Waals surface area contributed by atoms with Crippen molar-refractivity contribution in [1.82, 2.24) is 10.0 Å². The van der Waals surface area contributed by atoms with Crippen molar-refractivity contribution < 1.29 is 32.5 Å². The molecule has 9 nitrogen and oxygen atoms in total. The van der Waals surface area contributed by atoms with E-state index in [2.05, 4.69) is 10.0 Å². The van der Waals surface area contributed by atoms with Gasteiger partial charge in [0.25, 0.3) is 0 Å². The van der Waals surface area contributed by atoms with Crippen LogP contribution in [0.25, 0.3) is 0 Å². The van der Waals surface area contributed by atoms with Crippen LogP contribution in [0.3, 0.4) is 0 Å². The number of benzene rings is 2. The molecule has 1 aliphatic rings. The molecule has 1 fully saturated rings. The topological polar surface area (TPSA) is 123 Å². The van der Waals surface area contributed by atoms with E-state index in [0.29, 0.717) is 25.1 Å². The maximum absolute atomic E-state index is 12.8. The molecule has 1 aliphatic heterocycles. The van der Waals surface area contributed by atoms with Crippen molar-refractivity contribution in [2.24, 2.45) is 0 Å². The summed E-state index contributed by atoms with van der Waals surface area (Å²) in [5.41, 5.74) is 0.939. The van der Waals surface area contributed by atoms with Gasteiger partial charge in [-0.1, -0.05) is 18.2 Å². The molecule has 0 aliphatic carbocycles. The van der Waals surface area contributed by atoms with Crippen LogP contribution in [0.1, 0.15) is 24.8 Å². The molecular weight excluding hydrogens is 448 g/mol. The van der Waals surface area contributed by atoms with Crippen LogP contribution >= 0.6 is 0 Å². The molecule has 1 heterocycles. The highest BCUT2D eigenvalue weighted by Gasteiger charge is 2.34. The Balaban J connectivity index is 1.52. The minimum absolute atomic E-state index is 0.0681. The fourth-order valence-electron chi connectivity index (χ4n) is 3.68. The lowest BCUT2D eigenvalue weighted by Gasteiger charge is -2.35. The maximum Gasteiger partial charge on any atom is 0.241 e. The monoisotopic (exact) mass is 478 g/mol. The smallest absolute Gasteiger partial charge is 0.241 e. The van der Waals surface area contributed by atoms with E-state index < -0.39 is 28.3 Å². The molecule has 0 spiro atoms. The minimum Gasteiger partial charge on any atom is -0.497 e. The van der Waals surface area contributed by atoms with Gasteiger partial charge in [-0.05, 0) is 42.7 Å². The Morgan fingerprint density at radius 2 is 1.82 bits per heavy atom. The number of carbonyl (C=O) groups excluding carboxylic acids is 1. The average Bonchev–Trinajstić information content (AvgIpc) is 2.83. The Hall–Kier alpha value is -2.66. The highest BCUT2D eigenvalue weighted by Crippen LogP contribution is 2.24. The minimum atomic E-state index is -3.83. The van der Waals surface area contributed by atoms with Crippen LogP contribution in [0, 0.1) is 0 Å². The van der Waals surface area contributed by atoms with Crippen molar-refractivity contribution in [1.29, 1.82) is 0 Å². The fourth-order valence-corrected chi connectivity index (χ4v) is 5.01. The number of aliphatic hydroxyl groups excluding tert-OH is 1. The summed E-state index contributed by atoms with van der Waals surface area (Å²) in [6, 6.07) is 12.9. The zero-order chi connectivity index (χ0) is 23.8. The summed E-state index contributed by atoms with van der Waals surface area (Å²) < 4.78 is 44.2. The third kappa shape index (κ3) is 6.91. The molecule has 0 bridgehead atoms. The first-order valence-corrected chi connectivity index (χ1v) is 12.1. The second-order valence-electron chi connectivity index (χ2n) is 7.79. The quantitative estimate of drug-likeness (QED) is 0.474. The summed E-state index contributed by atoms with van der Waals surface area (Å²) in [6.45, 7) is 0.0111. The normalized spacial score (nSPS) is 20.8. The summed E-state index contributed by atoms with van der Waals surface area (Å²) in [5, 5.41) is 12.6. The van der Waals surface area contributed by atoms with Crippen LogP contribution in [0.15, 0.2) is 53.4 Å². The summed E-state index contributed by atoms with van der Waals surface area (Å²) in [4.78, 5) is 12.4. The number of hydrogen-bond acceptors (Lipinski definition) is 7. The number of methoxy groups -OCH3 is 2. The first-order valence-electron chi connectivity index (χ1n) is 10.7. The molecule has 1 amide bonds. The van der Waals surface area contributed by atoms with Gasteiger partial charge in [0.2, 0.25) is 15.9 Å². The van der Waals surface area contributed by atoms with Gasteiger partial charge in [0.1, 0.15) is 11.5 Å². The predicted molar refractivity (Wildman–Crippen MR) is 122 cm³/mol. The van der Waals surface area contributed by atoms with Gasteiger partial charge < -0.3 is 24.6 Å². The molecule has 0 aromatic heterocycles. The molecule has 3 atom stereocenters. The van der Waals surface area contributed by atoms with Crippen molar-refractivity contribution in [3.63, 3.8) is 0 Å². The highest BCUT2D eigenvalue weighted by atomic mass is 32.2. The predicted octanol–water partition coefficient (Wildman–Crippen LogP) is 1.60. The van der Waals surface area contributed by atoms with Crippen LogP contribution in [-0.2, 0) is 26.1 Å². The number of hydrogen-bond donors (Lipinski definition) is 3. The van der Waals surface area contributed by atoms with Crippen molar-refractivity contribution in [3.05, 3.63) is 54.1 Å². The van der Waals surface area contributed by atoms with E-state index in [-0.39, 0.29) is 23.8 Å². The molecule has 2 aromatic rings. The molecule has 0 radical (unpaired) electrons. The van der Waals surface area contributed by atoms with E-state index in [9.17, 15) is 18.3 Å². The van der Waals surface area contributed by atoms with E-state index in [1.165, 1.54) is 19.2 Å². The second-order valence-corrected chi connectivity index (χ2v) is 9.51. The van der Waals surface area contributed by atoms with Gasteiger partial charge in [-0.15, -0.1) is 0 Å². The number of aliphatic hydroxyl groups is 1. The van der Waals surface area contributed by atoms with E-state index in [0.717, 1.165) is 11.3 Å². The number of carbonyl (C=O) groups is 1. The van der Waals surface area contributed by atoms with Crippen molar-refractivity contribution in [3.8, 4) is 11.5 Å². The zero-order valence-electron chi connectivity index (χ0n) is 18.7. The van der Waals surface area contributed by atoms with Gasteiger partial charge >= 0.3 is 0 Å². The van der Waals surface area contributed by atoms with Crippen LogP contribution < -0.4 is 19.5 Å². The van der Waals surface area contributed by atoms with Gasteiger partial charge in [-0.25, -0.2) is 13.1 Å². The van der Waals surface area contributed by atoms with Crippen LogP contribution in [0.2, 0.25) is 0 Å². The summed E-state index contributed by atoms with van der Waals surface area (Å²) >= 11 is 0. The van der Waals surface area contributed by atoms with Crippen molar-refractivity contribution >= 4 is 15.9 Å².